The number of nitrogens with two attached hydrogens (primary N) is 1. The molecular formula is C11H18ClN3. The zero-order valence-electron chi connectivity index (χ0n) is 9.50. The van der Waals surface area contributed by atoms with Crippen LogP contribution in [-0.4, -0.2) is 39.1 Å². The van der Waals surface area contributed by atoms with Gasteiger partial charge in [0, 0.05) is 25.2 Å². The first-order chi connectivity index (χ1) is 7.00. The molecule has 0 aliphatic heterocycles. The first-order valence-corrected chi connectivity index (χ1v) is 5.29. The van der Waals surface area contributed by atoms with Crippen LogP contribution >= 0.6 is 11.6 Å². The number of nitrogen functional groups attached to an aromatic ring is 1. The number of rotatable bonds is 4. The van der Waals surface area contributed by atoms with E-state index in [1.807, 2.05) is 19.2 Å². The van der Waals surface area contributed by atoms with Crippen LogP contribution in [0.25, 0.3) is 0 Å². The summed E-state index contributed by atoms with van der Waals surface area (Å²) in [5.41, 5.74) is 7.64. The van der Waals surface area contributed by atoms with Crippen molar-refractivity contribution in [2.24, 2.45) is 0 Å². The Morgan fingerprint density at radius 1 is 1.20 bits per heavy atom. The summed E-state index contributed by atoms with van der Waals surface area (Å²) in [5, 5.41) is 0.678. The second-order valence-electron chi connectivity index (χ2n) is 3.93. The third kappa shape index (κ3) is 3.61. The molecule has 1 aromatic carbocycles. The van der Waals surface area contributed by atoms with Crippen molar-refractivity contribution in [2.45, 2.75) is 0 Å². The zero-order chi connectivity index (χ0) is 11.4. The smallest absolute Gasteiger partial charge is 0.0598 e. The van der Waals surface area contributed by atoms with Crippen molar-refractivity contribution in [3.05, 3.63) is 23.2 Å². The van der Waals surface area contributed by atoms with E-state index >= 15 is 0 Å². The standard InChI is InChI=1S/C11H18ClN3/c1-14(2)6-7-15(3)11-5-4-9(12)8-10(11)13/h4-5,8H,6-7,13H2,1-3H3. The predicted octanol–water partition coefficient (Wildman–Crippen LogP) is 1.92. The Labute approximate surface area is 96.4 Å². The van der Waals surface area contributed by atoms with Gasteiger partial charge in [0.15, 0.2) is 0 Å². The highest BCUT2D eigenvalue weighted by atomic mass is 35.5. The summed E-state index contributed by atoms with van der Waals surface area (Å²) in [7, 11) is 6.14. The van der Waals surface area contributed by atoms with Gasteiger partial charge in [-0.1, -0.05) is 11.6 Å². The number of benzene rings is 1. The Kier molecular flexibility index (Phi) is 4.24. The number of hydrogen-bond donors (Lipinski definition) is 1. The molecule has 2 N–H and O–H groups in total. The minimum Gasteiger partial charge on any atom is -0.397 e. The van der Waals surface area contributed by atoms with Crippen molar-refractivity contribution in [3.63, 3.8) is 0 Å². The molecule has 0 saturated heterocycles. The Bertz CT molecular complexity index is 326. The SMILES string of the molecule is CN(C)CCN(C)c1ccc(Cl)cc1N. The van der Waals surface area contributed by atoms with E-state index in [1.54, 1.807) is 6.07 Å². The fourth-order valence-corrected chi connectivity index (χ4v) is 1.52. The van der Waals surface area contributed by atoms with Gasteiger partial charge in [0.2, 0.25) is 0 Å². The van der Waals surface area contributed by atoms with Crippen molar-refractivity contribution in [2.75, 3.05) is 44.9 Å². The molecule has 3 nitrogen and oxygen atoms in total. The number of likely N-dealkylation sites (N-methyl/N-ethyl adjacent to an activating group) is 2. The summed E-state index contributed by atoms with van der Waals surface area (Å²) in [6, 6.07) is 5.59. The summed E-state index contributed by atoms with van der Waals surface area (Å²) in [6.07, 6.45) is 0. The van der Waals surface area contributed by atoms with Crippen molar-refractivity contribution < 1.29 is 0 Å². The first kappa shape index (κ1) is 12.1. The quantitative estimate of drug-likeness (QED) is 0.798. The molecule has 15 heavy (non-hydrogen) atoms. The molecule has 0 aliphatic rings. The molecule has 0 radical (unpaired) electrons. The van der Waals surface area contributed by atoms with Crippen LogP contribution in [0.15, 0.2) is 18.2 Å². The maximum atomic E-state index is 5.89. The lowest BCUT2D eigenvalue weighted by Crippen LogP contribution is -2.28. The molecule has 0 heterocycles. The normalized spacial score (nSPS) is 10.7. The minimum atomic E-state index is 0.678. The molecule has 1 rings (SSSR count). The van der Waals surface area contributed by atoms with Gasteiger partial charge in [-0.2, -0.15) is 0 Å². The van der Waals surface area contributed by atoms with Gasteiger partial charge in [-0.05, 0) is 32.3 Å². The van der Waals surface area contributed by atoms with Crippen LogP contribution in [0.3, 0.4) is 0 Å². The second kappa shape index (κ2) is 5.24. The highest BCUT2D eigenvalue weighted by Crippen LogP contribution is 2.25. The van der Waals surface area contributed by atoms with Gasteiger partial charge in [0.1, 0.15) is 0 Å². The second-order valence-corrected chi connectivity index (χ2v) is 4.36. The van der Waals surface area contributed by atoms with E-state index < -0.39 is 0 Å². The highest BCUT2D eigenvalue weighted by molar-refractivity contribution is 6.31. The molecule has 0 amide bonds. The Balaban J connectivity index is 2.69. The van der Waals surface area contributed by atoms with Crippen LogP contribution in [0.5, 0.6) is 0 Å². The van der Waals surface area contributed by atoms with Crippen LogP contribution < -0.4 is 10.6 Å². The van der Waals surface area contributed by atoms with Crippen LogP contribution in [0, 0.1) is 0 Å². The number of halogens is 1. The molecule has 84 valence electrons. The van der Waals surface area contributed by atoms with Crippen molar-refractivity contribution in [1.82, 2.24) is 4.90 Å². The summed E-state index contributed by atoms with van der Waals surface area (Å²) in [5.74, 6) is 0. The summed E-state index contributed by atoms with van der Waals surface area (Å²) >= 11 is 5.84. The lowest BCUT2D eigenvalue weighted by molar-refractivity contribution is 0.416. The summed E-state index contributed by atoms with van der Waals surface area (Å²) in [6.45, 7) is 1.94. The van der Waals surface area contributed by atoms with Gasteiger partial charge in [-0.25, -0.2) is 0 Å². The topological polar surface area (TPSA) is 32.5 Å². The first-order valence-electron chi connectivity index (χ1n) is 4.91. The molecule has 1 aromatic rings. The van der Waals surface area contributed by atoms with Crippen LogP contribution in [0.4, 0.5) is 11.4 Å². The van der Waals surface area contributed by atoms with Crippen molar-refractivity contribution >= 4 is 23.0 Å². The highest BCUT2D eigenvalue weighted by Gasteiger charge is 2.05. The van der Waals surface area contributed by atoms with Gasteiger partial charge in [-0.3, -0.25) is 0 Å². The third-order valence-corrected chi connectivity index (χ3v) is 2.52. The zero-order valence-corrected chi connectivity index (χ0v) is 10.3. The number of anilines is 2. The fourth-order valence-electron chi connectivity index (χ4n) is 1.34. The molecule has 0 aromatic heterocycles. The third-order valence-electron chi connectivity index (χ3n) is 2.28. The Hall–Kier alpha value is -0.930. The van der Waals surface area contributed by atoms with Gasteiger partial charge in [0.25, 0.3) is 0 Å². The molecule has 0 atom stereocenters. The van der Waals surface area contributed by atoms with E-state index in [-0.39, 0.29) is 0 Å². The lowest BCUT2D eigenvalue weighted by Gasteiger charge is -2.23. The van der Waals surface area contributed by atoms with Crippen LogP contribution in [0.2, 0.25) is 5.02 Å². The van der Waals surface area contributed by atoms with Crippen LogP contribution in [0.1, 0.15) is 0 Å². The Morgan fingerprint density at radius 3 is 2.40 bits per heavy atom. The Morgan fingerprint density at radius 2 is 1.87 bits per heavy atom. The maximum Gasteiger partial charge on any atom is 0.0598 e. The summed E-state index contributed by atoms with van der Waals surface area (Å²) in [4.78, 5) is 4.27. The van der Waals surface area contributed by atoms with Gasteiger partial charge in [0.05, 0.1) is 11.4 Å². The van der Waals surface area contributed by atoms with E-state index in [0.29, 0.717) is 5.02 Å². The predicted molar refractivity (Wildman–Crippen MR) is 67.7 cm³/mol. The summed E-state index contributed by atoms with van der Waals surface area (Å²) < 4.78 is 0. The van der Waals surface area contributed by atoms with Gasteiger partial charge >= 0.3 is 0 Å². The van der Waals surface area contributed by atoms with E-state index in [1.165, 1.54) is 0 Å². The molecule has 0 bridgehead atoms. The molecule has 0 unspecified atom stereocenters. The number of nitrogens with zero attached hydrogens (tertiary/aromatic N) is 2. The van der Waals surface area contributed by atoms with Gasteiger partial charge < -0.3 is 15.5 Å². The largest absolute Gasteiger partial charge is 0.397 e. The van der Waals surface area contributed by atoms with E-state index in [9.17, 15) is 0 Å². The minimum absolute atomic E-state index is 0.678. The number of hydrogen-bond acceptors (Lipinski definition) is 3. The molecule has 0 aliphatic carbocycles. The average molecular weight is 228 g/mol. The molecule has 0 fully saturated rings. The van der Waals surface area contributed by atoms with E-state index in [0.717, 1.165) is 24.5 Å². The molecular weight excluding hydrogens is 210 g/mol. The molecule has 4 heteroatoms. The monoisotopic (exact) mass is 227 g/mol. The molecule has 0 saturated carbocycles. The average Bonchev–Trinajstić information content (AvgIpc) is 2.14. The van der Waals surface area contributed by atoms with Crippen molar-refractivity contribution in [1.29, 1.82) is 0 Å². The van der Waals surface area contributed by atoms with Crippen molar-refractivity contribution in [3.8, 4) is 0 Å². The van der Waals surface area contributed by atoms with E-state index in [2.05, 4.69) is 23.9 Å². The fraction of sp³-hybridized carbons (Fsp3) is 0.455. The molecule has 0 spiro atoms. The van der Waals surface area contributed by atoms with E-state index in [4.69, 9.17) is 17.3 Å². The lowest BCUT2D eigenvalue weighted by atomic mass is 10.2. The van der Waals surface area contributed by atoms with Crippen LogP contribution in [-0.2, 0) is 0 Å². The van der Waals surface area contributed by atoms with Gasteiger partial charge in [-0.15, -0.1) is 0 Å². The maximum absolute atomic E-state index is 5.89.